The fraction of sp³-hybridized carbons (Fsp3) is 0.455. The molecule has 30 heavy (non-hydrogen) atoms. The summed E-state index contributed by atoms with van der Waals surface area (Å²) < 4.78 is 0. The molecule has 1 aromatic carbocycles. The Labute approximate surface area is 175 Å². The first-order chi connectivity index (χ1) is 14.2. The Hall–Kier alpha value is -3.16. The van der Waals surface area contributed by atoms with Gasteiger partial charge in [-0.3, -0.25) is 19.6 Å². The summed E-state index contributed by atoms with van der Waals surface area (Å²) >= 11 is 0. The van der Waals surface area contributed by atoms with Crippen LogP contribution in [0.1, 0.15) is 40.0 Å². The third-order valence-electron chi connectivity index (χ3n) is 5.88. The molecule has 158 valence electrons. The van der Waals surface area contributed by atoms with E-state index in [4.69, 9.17) is 0 Å². The summed E-state index contributed by atoms with van der Waals surface area (Å²) in [5.74, 6) is -0.397. The van der Waals surface area contributed by atoms with Crippen LogP contribution in [0.25, 0.3) is 11.3 Å². The molecule has 0 bridgehead atoms. The van der Waals surface area contributed by atoms with E-state index in [1.54, 1.807) is 12.3 Å². The smallest absolute Gasteiger partial charge is 0.325 e. The molecule has 1 aliphatic carbocycles. The highest BCUT2D eigenvalue weighted by Crippen LogP contribution is 2.46. The van der Waals surface area contributed by atoms with E-state index >= 15 is 0 Å². The van der Waals surface area contributed by atoms with Crippen molar-refractivity contribution < 1.29 is 14.4 Å². The summed E-state index contributed by atoms with van der Waals surface area (Å²) in [6.07, 6.45) is 3.84. The third kappa shape index (κ3) is 3.81. The molecule has 1 saturated heterocycles. The van der Waals surface area contributed by atoms with Crippen molar-refractivity contribution in [1.82, 2.24) is 20.4 Å². The van der Waals surface area contributed by atoms with Crippen LogP contribution in [0.15, 0.2) is 36.5 Å². The SMILES string of the molecule is C[C@H]1CC(C)(C)C[C@]2(C1)NC(=O)N(CC(=O)Nc1cccc(-c3ccn[nH]3)c1)C2=O. The second-order valence-electron chi connectivity index (χ2n) is 9.36. The zero-order valence-electron chi connectivity index (χ0n) is 17.5. The fourth-order valence-electron chi connectivity index (χ4n) is 5.17. The molecule has 0 unspecified atom stereocenters. The number of carbonyl (C=O) groups excluding carboxylic acids is 3. The molecule has 2 aromatic rings. The maximum atomic E-state index is 13.2. The van der Waals surface area contributed by atoms with E-state index in [0.29, 0.717) is 24.4 Å². The molecule has 3 N–H and O–H groups in total. The molecule has 4 amide bonds. The summed E-state index contributed by atoms with van der Waals surface area (Å²) in [6, 6.07) is 8.63. The van der Waals surface area contributed by atoms with Crippen molar-refractivity contribution in [1.29, 1.82) is 0 Å². The predicted octanol–water partition coefficient (Wildman–Crippen LogP) is 3.15. The highest BCUT2D eigenvalue weighted by molar-refractivity contribution is 6.10. The van der Waals surface area contributed by atoms with Crippen LogP contribution in [0.2, 0.25) is 0 Å². The van der Waals surface area contributed by atoms with Gasteiger partial charge in [0.15, 0.2) is 0 Å². The number of amides is 4. The molecule has 4 rings (SSSR count). The van der Waals surface area contributed by atoms with E-state index in [1.807, 2.05) is 24.3 Å². The maximum absolute atomic E-state index is 13.2. The van der Waals surface area contributed by atoms with Crippen LogP contribution in [0, 0.1) is 11.3 Å². The highest BCUT2D eigenvalue weighted by atomic mass is 16.2. The monoisotopic (exact) mass is 409 g/mol. The zero-order valence-corrected chi connectivity index (χ0v) is 17.5. The first-order valence-corrected chi connectivity index (χ1v) is 10.2. The quantitative estimate of drug-likeness (QED) is 0.674. The summed E-state index contributed by atoms with van der Waals surface area (Å²) in [4.78, 5) is 39.4. The van der Waals surface area contributed by atoms with Crippen LogP contribution in [0.3, 0.4) is 0 Å². The Kier molecular flexibility index (Phi) is 4.88. The molecule has 1 spiro atoms. The molecule has 1 aromatic heterocycles. The van der Waals surface area contributed by atoms with Gasteiger partial charge in [-0.15, -0.1) is 0 Å². The van der Waals surface area contributed by atoms with Gasteiger partial charge in [0.05, 0.1) is 5.69 Å². The van der Waals surface area contributed by atoms with E-state index < -0.39 is 17.5 Å². The van der Waals surface area contributed by atoms with Crippen LogP contribution in [-0.2, 0) is 9.59 Å². The molecule has 1 saturated carbocycles. The Morgan fingerprint density at radius 2 is 2.07 bits per heavy atom. The number of anilines is 1. The second-order valence-corrected chi connectivity index (χ2v) is 9.36. The molecule has 2 fully saturated rings. The van der Waals surface area contributed by atoms with Crippen LogP contribution < -0.4 is 10.6 Å². The lowest BCUT2D eigenvalue weighted by Gasteiger charge is -2.43. The van der Waals surface area contributed by atoms with Gasteiger partial charge in [-0.05, 0) is 48.8 Å². The Bertz CT molecular complexity index is 984. The Morgan fingerprint density at radius 3 is 2.77 bits per heavy atom. The Morgan fingerprint density at radius 1 is 1.27 bits per heavy atom. The van der Waals surface area contributed by atoms with E-state index in [9.17, 15) is 14.4 Å². The van der Waals surface area contributed by atoms with Crippen LogP contribution in [-0.4, -0.2) is 45.0 Å². The predicted molar refractivity (Wildman–Crippen MR) is 112 cm³/mol. The van der Waals surface area contributed by atoms with Crippen molar-refractivity contribution in [3.8, 4) is 11.3 Å². The number of aromatic nitrogens is 2. The van der Waals surface area contributed by atoms with Gasteiger partial charge in [0, 0.05) is 17.4 Å². The summed E-state index contributed by atoms with van der Waals surface area (Å²) in [6.45, 7) is 6.03. The number of imide groups is 1. The van der Waals surface area contributed by atoms with Crippen molar-refractivity contribution >= 4 is 23.5 Å². The van der Waals surface area contributed by atoms with Gasteiger partial charge >= 0.3 is 6.03 Å². The van der Waals surface area contributed by atoms with Gasteiger partial charge in [-0.2, -0.15) is 5.10 Å². The first-order valence-electron chi connectivity index (χ1n) is 10.2. The topological polar surface area (TPSA) is 107 Å². The molecular weight excluding hydrogens is 382 g/mol. The molecule has 1 aliphatic heterocycles. The number of hydrogen-bond donors (Lipinski definition) is 3. The van der Waals surface area contributed by atoms with E-state index in [1.165, 1.54) is 0 Å². The standard InChI is InChI=1S/C22H27N5O3/c1-14-10-21(2,3)13-22(11-14)19(29)27(20(30)25-22)12-18(28)24-16-6-4-5-15(9-16)17-7-8-23-26-17/h4-9,14H,10-13H2,1-3H3,(H,23,26)(H,24,28)(H,25,30)/t14-,22-/m0/s1. The van der Waals surface area contributed by atoms with Crippen molar-refractivity contribution in [2.75, 3.05) is 11.9 Å². The average molecular weight is 409 g/mol. The number of aromatic amines is 1. The molecule has 0 radical (unpaired) electrons. The van der Waals surface area contributed by atoms with Gasteiger partial charge in [0.25, 0.3) is 5.91 Å². The Balaban J connectivity index is 1.46. The highest BCUT2D eigenvalue weighted by Gasteiger charge is 2.56. The molecule has 2 heterocycles. The summed E-state index contributed by atoms with van der Waals surface area (Å²) in [5, 5.41) is 12.5. The van der Waals surface area contributed by atoms with Crippen molar-refractivity contribution in [2.24, 2.45) is 11.3 Å². The molecule has 8 heteroatoms. The minimum absolute atomic E-state index is 0.0496. The fourth-order valence-corrected chi connectivity index (χ4v) is 5.17. The lowest BCUT2D eigenvalue weighted by atomic mass is 9.64. The van der Waals surface area contributed by atoms with Crippen LogP contribution in [0.4, 0.5) is 10.5 Å². The normalized spacial score (nSPS) is 25.4. The molecule has 8 nitrogen and oxygen atoms in total. The number of H-pyrrole nitrogens is 1. The number of benzene rings is 1. The van der Waals surface area contributed by atoms with Gasteiger partial charge in [-0.1, -0.05) is 32.9 Å². The second kappa shape index (κ2) is 7.27. The van der Waals surface area contributed by atoms with Gasteiger partial charge in [0.2, 0.25) is 5.91 Å². The van der Waals surface area contributed by atoms with E-state index in [2.05, 4.69) is 41.6 Å². The number of carbonyl (C=O) groups is 3. The minimum Gasteiger partial charge on any atom is -0.325 e. The van der Waals surface area contributed by atoms with Crippen molar-refractivity contribution in [2.45, 2.75) is 45.6 Å². The number of nitrogens with one attached hydrogen (secondary N) is 3. The van der Waals surface area contributed by atoms with Crippen LogP contribution >= 0.6 is 0 Å². The average Bonchev–Trinajstić information content (AvgIpc) is 3.24. The number of urea groups is 1. The van der Waals surface area contributed by atoms with E-state index in [-0.39, 0.29) is 17.9 Å². The lowest BCUT2D eigenvalue weighted by Crippen LogP contribution is -2.54. The van der Waals surface area contributed by atoms with Crippen molar-refractivity contribution in [3.05, 3.63) is 36.5 Å². The third-order valence-corrected chi connectivity index (χ3v) is 5.88. The minimum atomic E-state index is -0.904. The largest absolute Gasteiger partial charge is 0.325 e. The summed E-state index contributed by atoms with van der Waals surface area (Å²) in [5.41, 5.74) is 1.33. The summed E-state index contributed by atoms with van der Waals surface area (Å²) in [7, 11) is 0. The number of rotatable bonds is 4. The zero-order chi connectivity index (χ0) is 21.5. The number of nitrogens with zero attached hydrogens (tertiary/aromatic N) is 2. The van der Waals surface area contributed by atoms with Gasteiger partial charge in [-0.25, -0.2) is 4.79 Å². The molecular formula is C22H27N5O3. The van der Waals surface area contributed by atoms with Crippen molar-refractivity contribution in [3.63, 3.8) is 0 Å². The molecule has 2 aliphatic rings. The lowest BCUT2D eigenvalue weighted by molar-refractivity contribution is -0.136. The first kappa shape index (κ1) is 20.1. The van der Waals surface area contributed by atoms with Gasteiger partial charge in [0.1, 0.15) is 12.1 Å². The number of hydrogen-bond acceptors (Lipinski definition) is 4. The van der Waals surface area contributed by atoms with E-state index in [0.717, 1.165) is 22.6 Å². The maximum Gasteiger partial charge on any atom is 0.325 e. The van der Waals surface area contributed by atoms with Crippen LogP contribution in [0.5, 0.6) is 0 Å². The molecule has 2 atom stereocenters. The van der Waals surface area contributed by atoms with Gasteiger partial charge < -0.3 is 10.6 Å².